The molecule has 1 aromatic heterocycles. The minimum atomic E-state index is -0.793. The zero-order chi connectivity index (χ0) is 20.4. The van der Waals surface area contributed by atoms with Crippen LogP contribution in [-0.4, -0.2) is 43.0 Å². The van der Waals surface area contributed by atoms with Crippen LogP contribution in [0.3, 0.4) is 0 Å². The van der Waals surface area contributed by atoms with Crippen molar-refractivity contribution in [3.63, 3.8) is 0 Å². The van der Waals surface area contributed by atoms with Crippen molar-refractivity contribution in [2.45, 2.75) is 19.4 Å². The summed E-state index contributed by atoms with van der Waals surface area (Å²) in [6.07, 6.45) is 1.34. The number of halogens is 2. The Morgan fingerprint density at radius 2 is 1.93 bits per heavy atom. The molecule has 5 nitrogen and oxygen atoms in total. The molecule has 2 amide bonds. The highest BCUT2D eigenvalue weighted by molar-refractivity contribution is 7.09. The van der Waals surface area contributed by atoms with Gasteiger partial charge >= 0.3 is 0 Å². The maximum Gasteiger partial charge on any atom is 0.254 e. The maximum absolute atomic E-state index is 13.6. The fraction of sp³-hybridized carbons (Fsp3) is 0.429. The van der Waals surface area contributed by atoms with E-state index in [1.807, 2.05) is 17.5 Å². The van der Waals surface area contributed by atoms with Crippen LogP contribution in [-0.2, 0) is 16.1 Å². The molecule has 2 fully saturated rings. The van der Waals surface area contributed by atoms with Crippen molar-refractivity contribution in [2.75, 3.05) is 26.3 Å². The van der Waals surface area contributed by atoms with Crippen molar-refractivity contribution in [3.05, 3.63) is 57.8 Å². The third-order valence-electron chi connectivity index (χ3n) is 5.87. The van der Waals surface area contributed by atoms with Crippen LogP contribution in [0.1, 0.15) is 28.1 Å². The Hall–Kier alpha value is -2.32. The predicted octanol–water partition coefficient (Wildman–Crippen LogP) is 3.21. The first-order valence-corrected chi connectivity index (χ1v) is 10.5. The third-order valence-corrected chi connectivity index (χ3v) is 6.74. The van der Waals surface area contributed by atoms with Gasteiger partial charge in [-0.05, 0) is 36.4 Å². The Kier molecular flexibility index (Phi) is 5.65. The van der Waals surface area contributed by atoms with E-state index in [1.54, 1.807) is 16.2 Å². The Morgan fingerprint density at radius 1 is 1.21 bits per heavy atom. The molecular formula is C21H22F2N2O3S. The minimum absolute atomic E-state index is 0.0376. The van der Waals surface area contributed by atoms with Crippen LogP contribution in [0.15, 0.2) is 35.7 Å². The average Bonchev–Trinajstić information content (AvgIpc) is 3.34. The van der Waals surface area contributed by atoms with E-state index < -0.39 is 17.5 Å². The summed E-state index contributed by atoms with van der Waals surface area (Å²) in [5, 5.41) is 4.94. The summed E-state index contributed by atoms with van der Waals surface area (Å²) < 4.78 is 32.6. The molecule has 1 unspecified atom stereocenters. The lowest BCUT2D eigenvalue weighted by Gasteiger charge is -2.37. The molecule has 2 aromatic rings. The van der Waals surface area contributed by atoms with Crippen LogP contribution >= 0.6 is 11.3 Å². The zero-order valence-corrected chi connectivity index (χ0v) is 16.6. The molecule has 154 valence electrons. The topological polar surface area (TPSA) is 58.6 Å². The van der Waals surface area contributed by atoms with Crippen LogP contribution < -0.4 is 5.32 Å². The number of thiophene rings is 1. The number of amides is 2. The lowest BCUT2D eigenvalue weighted by atomic mass is 9.72. The van der Waals surface area contributed by atoms with Gasteiger partial charge in [0.05, 0.1) is 12.5 Å². The number of likely N-dealkylation sites (tertiary alicyclic amines) is 1. The largest absolute Gasteiger partial charge is 0.381 e. The molecule has 1 atom stereocenters. The van der Waals surface area contributed by atoms with Crippen molar-refractivity contribution in [3.8, 4) is 0 Å². The molecule has 2 saturated heterocycles. The highest BCUT2D eigenvalue weighted by Gasteiger charge is 2.51. The van der Waals surface area contributed by atoms with Gasteiger partial charge in [0.2, 0.25) is 5.91 Å². The van der Waals surface area contributed by atoms with Gasteiger partial charge in [-0.15, -0.1) is 11.3 Å². The third kappa shape index (κ3) is 4.18. The van der Waals surface area contributed by atoms with Gasteiger partial charge < -0.3 is 15.0 Å². The zero-order valence-electron chi connectivity index (χ0n) is 15.8. The molecule has 2 aliphatic rings. The van der Waals surface area contributed by atoms with E-state index in [1.165, 1.54) is 0 Å². The van der Waals surface area contributed by atoms with E-state index in [-0.39, 0.29) is 29.3 Å². The Labute approximate surface area is 171 Å². The lowest BCUT2D eigenvalue weighted by Crippen LogP contribution is -2.44. The Balaban J connectivity index is 1.53. The molecule has 0 saturated carbocycles. The molecule has 0 bridgehead atoms. The van der Waals surface area contributed by atoms with E-state index in [2.05, 4.69) is 5.32 Å². The smallest absolute Gasteiger partial charge is 0.254 e. The monoisotopic (exact) mass is 420 g/mol. The molecule has 4 rings (SSSR count). The first-order chi connectivity index (χ1) is 14.0. The van der Waals surface area contributed by atoms with Crippen LogP contribution in [0.4, 0.5) is 8.78 Å². The summed E-state index contributed by atoms with van der Waals surface area (Å²) in [6.45, 7) is 2.12. The number of nitrogens with zero attached hydrogens (tertiary/aromatic N) is 1. The van der Waals surface area contributed by atoms with E-state index in [0.717, 1.165) is 23.1 Å². The summed E-state index contributed by atoms with van der Waals surface area (Å²) in [5.74, 6) is -2.52. The highest BCUT2D eigenvalue weighted by Crippen LogP contribution is 2.44. The van der Waals surface area contributed by atoms with Gasteiger partial charge in [-0.3, -0.25) is 9.59 Å². The van der Waals surface area contributed by atoms with E-state index in [4.69, 9.17) is 4.74 Å². The molecule has 0 radical (unpaired) electrons. The molecule has 8 heteroatoms. The molecule has 1 aromatic carbocycles. The molecular weight excluding hydrogens is 398 g/mol. The van der Waals surface area contributed by atoms with Crippen molar-refractivity contribution in [1.82, 2.24) is 10.2 Å². The number of hydrogen-bond donors (Lipinski definition) is 1. The number of benzene rings is 1. The van der Waals surface area contributed by atoms with Gasteiger partial charge in [-0.1, -0.05) is 6.07 Å². The van der Waals surface area contributed by atoms with Gasteiger partial charge in [0.15, 0.2) is 0 Å². The number of carbonyl (C=O) groups is 2. The van der Waals surface area contributed by atoms with Gasteiger partial charge in [0, 0.05) is 48.2 Å². The normalized spacial score (nSPS) is 20.8. The number of rotatable bonds is 4. The minimum Gasteiger partial charge on any atom is -0.381 e. The van der Waals surface area contributed by atoms with Crippen molar-refractivity contribution in [2.24, 2.45) is 11.3 Å². The number of ether oxygens (including phenoxy) is 1. The van der Waals surface area contributed by atoms with Crippen molar-refractivity contribution < 1.29 is 23.1 Å². The number of carbonyl (C=O) groups excluding carboxylic acids is 2. The summed E-state index contributed by atoms with van der Waals surface area (Å²) in [6, 6.07) is 6.69. The first kappa shape index (κ1) is 20.0. The summed E-state index contributed by atoms with van der Waals surface area (Å²) in [5.41, 5.74) is -0.413. The molecule has 1 spiro atoms. The molecule has 29 heavy (non-hydrogen) atoms. The van der Waals surface area contributed by atoms with Gasteiger partial charge in [-0.25, -0.2) is 8.78 Å². The van der Waals surface area contributed by atoms with Crippen LogP contribution in [0, 0.1) is 23.0 Å². The van der Waals surface area contributed by atoms with Crippen molar-refractivity contribution in [1.29, 1.82) is 0 Å². The SMILES string of the molecule is O=C(NCc1cccs1)C1CN(C(=O)c2cc(F)cc(F)c2)CC12CCOCC2. The molecule has 3 heterocycles. The average molecular weight is 420 g/mol. The molecule has 1 N–H and O–H groups in total. The standard InChI is InChI=1S/C21H22F2N2O3S/c22-15-8-14(9-16(23)10-15)20(27)25-12-18(21(13-25)3-5-28-6-4-21)19(26)24-11-17-2-1-7-29-17/h1-2,7-10,18H,3-6,11-13H2,(H,24,26). The summed E-state index contributed by atoms with van der Waals surface area (Å²) in [7, 11) is 0. The van der Waals surface area contributed by atoms with E-state index >= 15 is 0 Å². The fourth-order valence-electron chi connectivity index (χ4n) is 4.34. The predicted molar refractivity (Wildman–Crippen MR) is 104 cm³/mol. The Morgan fingerprint density at radius 3 is 2.59 bits per heavy atom. The number of hydrogen-bond acceptors (Lipinski definition) is 4. The van der Waals surface area contributed by atoms with Crippen LogP contribution in [0.5, 0.6) is 0 Å². The van der Waals surface area contributed by atoms with Gasteiger partial charge in [0.25, 0.3) is 5.91 Å². The maximum atomic E-state index is 13.6. The highest BCUT2D eigenvalue weighted by atomic mass is 32.1. The molecule has 2 aliphatic heterocycles. The van der Waals surface area contributed by atoms with E-state index in [0.29, 0.717) is 39.1 Å². The van der Waals surface area contributed by atoms with Crippen LogP contribution in [0.25, 0.3) is 0 Å². The van der Waals surface area contributed by atoms with E-state index in [9.17, 15) is 18.4 Å². The first-order valence-electron chi connectivity index (χ1n) is 9.60. The summed E-state index contributed by atoms with van der Waals surface area (Å²) in [4.78, 5) is 28.5. The second-order valence-electron chi connectivity index (χ2n) is 7.67. The van der Waals surface area contributed by atoms with Gasteiger partial charge in [0.1, 0.15) is 11.6 Å². The van der Waals surface area contributed by atoms with Crippen molar-refractivity contribution >= 4 is 23.2 Å². The van der Waals surface area contributed by atoms with Crippen LogP contribution in [0.2, 0.25) is 0 Å². The van der Waals surface area contributed by atoms with Gasteiger partial charge in [-0.2, -0.15) is 0 Å². The fourth-order valence-corrected chi connectivity index (χ4v) is 4.98. The lowest BCUT2D eigenvalue weighted by molar-refractivity contribution is -0.130. The molecule has 0 aliphatic carbocycles. The Bertz CT molecular complexity index is 877. The second kappa shape index (κ2) is 8.20. The summed E-state index contributed by atoms with van der Waals surface area (Å²) >= 11 is 1.57. The quantitative estimate of drug-likeness (QED) is 0.826. The number of nitrogens with one attached hydrogen (secondary N) is 1. The second-order valence-corrected chi connectivity index (χ2v) is 8.70.